The van der Waals surface area contributed by atoms with E-state index in [2.05, 4.69) is 20.4 Å². The number of carbonyl (C=O) groups is 1. The van der Waals surface area contributed by atoms with Gasteiger partial charge in [-0.25, -0.2) is 19.4 Å². The maximum Gasteiger partial charge on any atom is 0.317 e. The number of urea groups is 1. The smallest absolute Gasteiger partial charge is 0.317 e. The molecule has 0 radical (unpaired) electrons. The molecule has 9 heteroatoms. The van der Waals surface area contributed by atoms with Crippen molar-refractivity contribution < 1.29 is 4.79 Å². The predicted molar refractivity (Wildman–Crippen MR) is 96.8 cm³/mol. The summed E-state index contributed by atoms with van der Waals surface area (Å²) in [7, 11) is 0. The Kier molecular flexibility index (Phi) is 5.62. The summed E-state index contributed by atoms with van der Waals surface area (Å²) in [4.78, 5) is 23.5. The number of aromatic nitrogens is 4. The molecule has 0 spiro atoms. The Labute approximate surface area is 154 Å². The normalized spacial score (nSPS) is 10.6. The maximum atomic E-state index is 12.5. The van der Waals surface area contributed by atoms with E-state index in [-0.39, 0.29) is 6.03 Å². The van der Waals surface area contributed by atoms with Gasteiger partial charge in [0.1, 0.15) is 12.7 Å². The summed E-state index contributed by atoms with van der Waals surface area (Å²) in [6.45, 7) is 3.43. The highest BCUT2D eigenvalue weighted by atomic mass is 35.5. The average molecular weight is 377 g/mol. The molecular weight excluding hydrogens is 360 g/mol. The van der Waals surface area contributed by atoms with Crippen LogP contribution in [0.5, 0.6) is 0 Å². The van der Waals surface area contributed by atoms with E-state index in [1.807, 2.05) is 31.2 Å². The van der Waals surface area contributed by atoms with Gasteiger partial charge in [-0.05, 0) is 25.1 Å². The van der Waals surface area contributed by atoms with Gasteiger partial charge in [-0.15, -0.1) is 11.3 Å². The third kappa shape index (κ3) is 4.34. The Morgan fingerprint density at radius 2 is 2.28 bits per heavy atom. The van der Waals surface area contributed by atoms with Crippen LogP contribution in [0.15, 0.2) is 43.1 Å². The minimum absolute atomic E-state index is 0.139. The molecule has 130 valence electrons. The SMILES string of the molecule is CCN(Cc1ccc(Cl)s1)C(=O)NCc1cccnc1-n1cncn1. The van der Waals surface area contributed by atoms with E-state index in [0.717, 1.165) is 14.8 Å². The van der Waals surface area contributed by atoms with Gasteiger partial charge in [0.15, 0.2) is 5.82 Å². The van der Waals surface area contributed by atoms with Crippen LogP contribution in [0.1, 0.15) is 17.4 Å². The zero-order valence-electron chi connectivity index (χ0n) is 13.6. The molecule has 1 N–H and O–H groups in total. The fourth-order valence-electron chi connectivity index (χ4n) is 2.33. The van der Waals surface area contributed by atoms with Crippen LogP contribution in [0.25, 0.3) is 5.82 Å². The highest BCUT2D eigenvalue weighted by Gasteiger charge is 2.14. The second-order valence-electron chi connectivity index (χ2n) is 5.20. The Morgan fingerprint density at radius 1 is 1.40 bits per heavy atom. The quantitative estimate of drug-likeness (QED) is 0.717. The highest BCUT2D eigenvalue weighted by Crippen LogP contribution is 2.22. The van der Waals surface area contributed by atoms with Crippen LogP contribution in [-0.4, -0.2) is 37.2 Å². The predicted octanol–water partition coefficient (Wildman–Crippen LogP) is 3.11. The monoisotopic (exact) mass is 376 g/mol. The topological polar surface area (TPSA) is 75.9 Å². The van der Waals surface area contributed by atoms with Gasteiger partial charge in [0.2, 0.25) is 0 Å². The maximum absolute atomic E-state index is 12.5. The molecule has 0 fully saturated rings. The van der Waals surface area contributed by atoms with Crippen molar-refractivity contribution in [1.82, 2.24) is 30.0 Å². The molecule has 0 aliphatic rings. The van der Waals surface area contributed by atoms with Gasteiger partial charge < -0.3 is 10.2 Å². The van der Waals surface area contributed by atoms with Crippen molar-refractivity contribution >= 4 is 29.0 Å². The number of amides is 2. The average Bonchev–Trinajstić information content (AvgIpc) is 3.29. The summed E-state index contributed by atoms with van der Waals surface area (Å²) in [5.74, 6) is 0.647. The van der Waals surface area contributed by atoms with Crippen molar-refractivity contribution in [2.45, 2.75) is 20.0 Å². The molecule has 3 aromatic heterocycles. The largest absolute Gasteiger partial charge is 0.334 e. The summed E-state index contributed by atoms with van der Waals surface area (Å²) < 4.78 is 2.30. The first kappa shape index (κ1) is 17.4. The van der Waals surface area contributed by atoms with Crippen molar-refractivity contribution in [3.05, 3.63) is 57.9 Å². The van der Waals surface area contributed by atoms with Crippen LogP contribution >= 0.6 is 22.9 Å². The van der Waals surface area contributed by atoms with Crippen LogP contribution < -0.4 is 5.32 Å². The number of nitrogens with one attached hydrogen (secondary N) is 1. The summed E-state index contributed by atoms with van der Waals surface area (Å²) >= 11 is 7.43. The first-order valence-electron chi connectivity index (χ1n) is 7.73. The molecule has 3 heterocycles. The number of nitrogens with zero attached hydrogens (tertiary/aromatic N) is 5. The van der Waals surface area contributed by atoms with Gasteiger partial charge in [-0.1, -0.05) is 17.7 Å². The second kappa shape index (κ2) is 8.09. The molecule has 0 saturated heterocycles. The van der Waals surface area contributed by atoms with Gasteiger partial charge in [-0.3, -0.25) is 0 Å². The minimum Gasteiger partial charge on any atom is -0.334 e. The molecule has 0 bridgehead atoms. The van der Waals surface area contributed by atoms with Crippen LogP contribution in [0.4, 0.5) is 4.79 Å². The van der Waals surface area contributed by atoms with Crippen LogP contribution in [0, 0.1) is 0 Å². The lowest BCUT2D eigenvalue weighted by molar-refractivity contribution is 0.198. The molecule has 0 aliphatic heterocycles. The Bertz CT molecular complexity index is 835. The van der Waals surface area contributed by atoms with E-state index < -0.39 is 0 Å². The molecule has 0 aliphatic carbocycles. The lowest BCUT2D eigenvalue weighted by atomic mass is 10.2. The Balaban J connectivity index is 1.65. The molecule has 25 heavy (non-hydrogen) atoms. The van der Waals surface area contributed by atoms with Gasteiger partial charge in [0, 0.05) is 29.7 Å². The molecule has 2 amide bonds. The van der Waals surface area contributed by atoms with Crippen LogP contribution in [0.2, 0.25) is 4.34 Å². The third-order valence-corrected chi connectivity index (χ3v) is 4.79. The molecule has 0 aromatic carbocycles. The fourth-order valence-corrected chi connectivity index (χ4v) is 3.43. The zero-order chi connectivity index (χ0) is 17.6. The summed E-state index contributed by atoms with van der Waals surface area (Å²) in [6, 6.07) is 7.37. The zero-order valence-corrected chi connectivity index (χ0v) is 15.2. The molecule has 0 unspecified atom stereocenters. The van der Waals surface area contributed by atoms with E-state index in [9.17, 15) is 4.79 Å². The summed E-state index contributed by atoms with van der Waals surface area (Å²) in [6.07, 6.45) is 4.70. The highest BCUT2D eigenvalue weighted by molar-refractivity contribution is 7.16. The number of carbonyl (C=O) groups excluding carboxylic acids is 1. The molecular formula is C16H17ClN6OS. The lowest BCUT2D eigenvalue weighted by Crippen LogP contribution is -2.39. The van der Waals surface area contributed by atoms with Crippen molar-refractivity contribution in [2.24, 2.45) is 0 Å². The van der Waals surface area contributed by atoms with E-state index >= 15 is 0 Å². The number of hydrogen-bond acceptors (Lipinski definition) is 5. The van der Waals surface area contributed by atoms with Crippen molar-refractivity contribution in [2.75, 3.05) is 6.54 Å². The number of thiophene rings is 1. The van der Waals surface area contributed by atoms with Gasteiger partial charge >= 0.3 is 6.03 Å². The molecule has 0 saturated carbocycles. The number of halogens is 1. The summed E-state index contributed by atoms with van der Waals surface area (Å²) in [5, 5.41) is 7.03. The first-order chi connectivity index (χ1) is 12.2. The molecule has 0 atom stereocenters. The Hall–Kier alpha value is -2.45. The summed E-state index contributed by atoms with van der Waals surface area (Å²) in [5.41, 5.74) is 0.858. The lowest BCUT2D eigenvalue weighted by Gasteiger charge is -2.21. The van der Waals surface area contributed by atoms with Gasteiger partial charge in [0.05, 0.1) is 10.9 Å². The number of rotatable bonds is 6. The third-order valence-electron chi connectivity index (χ3n) is 3.58. The number of pyridine rings is 1. The molecule has 3 aromatic rings. The van der Waals surface area contributed by atoms with E-state index in [1.165, 1.54) is 17.7 Å². The second-order valence-corrected chi connectivity index (χ2v) is 7.00. The van der Waals surface area contributed by atoms with Crippen LogP contribution in [-0.2, 0) is 13.1 Å². The van der Waals surface area contributed by atoms with Crippen molar-refractivity contribution in [3.8, 4) is 5.82 Å². The van der Waals surface area contributed by atoms with Crippen molar-refractivity contribution in [1.29, 1.82) is 0 Å². The first-order valence-corrected chi connectivity index (χ1v) is 8.92. The van der Waals surface area contributed by atoms with Gasteiger partial charge in [-0.2, -0.15) is 5.10 Å². The molecule has 7 nitrogen and oxygen atoms in total. The van der Waals surface area contributed by atoms with Crippen molar-refractivity contribution in [3.63, 3.8) is 0 Å². The fraction of sp³-hybridized carbons (Fsp3) is 0.250. The minimum atomic E-state index is -0.139. The molecule has 3 rings (SSSR count). The van der Waals surface area contributed by atoms with E-state index in [0.29, 0.717) is 25.5 Å². The van der Waals surface area contributed by atoms with Gasteiger partial charge in [0.25, 0.3) is 0 Å². The Morgan fingerprint density at radius 3 is 2.96 bits per heavy atom. The standard InChI is InChI=1S/C16H17ClN6OS/c1-2-22(9-13-5-6-14(17)25-13)16(24)20-8-12-4-3-7-19-15(12)23-11-18-10-21-23/h3-7,10-11H,2,8-9H2,1H3,(H,20,24). The van der Waals surface area contributed by atoms with E-state index in [1.54, 1.807) is 22.1 Å². The number of hydrogen-bond donors (Lipinski definition) is 1. The van der Waals surface area contributed by atoms with E-state index in [4.69, 9.17) is 11.6 Å². The van der Waals surface area contributed by atoms with Crippen LogP contribution in [0.3, 0.4) is 0 Å².